The summed E-state index contributed by atoms with van der Waals surface area (Å²) in [4.78, 5) is 11.2. The highest BCUT2D eigenvalue weighted by molar-refractivity contribution is 9.10. The fraction of sp³-hybridized carbons (Fsp3) is 0.0909. The number of nitrogens with one attached hydrogen (secondary N) is 2. The lowest BCUT2D eigenvalue weighted by atomic mass is 10.3. The summed E-state index contributed by atoms with van der Waals surface area (Å²) in [5.74, 6) is 1.49. The van der Waals surface area contributed by atoms with Crippen LogP contribution in [0.25, 0.3) is 11.0 Å². The Hall–Kier alpha value is -1.53. The van der Waals surface area contributed by atoms with Gasteiger partial charge in [0.25, 0.3) is 0 Å². The maximum Gasteiger partial charge on any atom is 0.226 e. The van der Waals surface area contributed by atoms with Crippen LogP contribution in [0.15, 0.2) is 33.5 Å². The van der Waals surface area contributed by atoms with Gasteiger partial charge < -0.3 is 14.7 Å². The average Bonchev–Trinajstić information content (AvgIpc) is 2.94. The van der Waals surface area contributed by atoms with Crippen LogP contribution < -0.4 is 5.32 Å². The van der Waals surface area contributed by atoms with Crippen molar-refractivity contribution in [2.45, 2.75) is 6.54 Å². The van der Waals surface area contributed by atoms with Crippen molar-refractivity contribution in [3.05, 3.63) is 40.1 Å². The van der Waals surface area contributed by atoms with Crippen molar-refractivity contribution in [1.29, 1.82) is 0 Å². The molecule has 3 aromatic heterocycles. The topological polar surface area (TPSA) is 66.7 Å². The number of aromatic nitrogens is 3. The number of halogens is 2. The van der Waals surface area contributed by atoms with Gasteiger partial charge >= 0.3 is 0 Å². The molecule has 3 heterocycles. The molecule has 0 saturated heterocycles. The number of anilines is 1. The number of furan rings is 1. The normalized spacial score (nSPS) is 11.0. The maximum absolute atomic E-state index is 5.85. The van der Waals surface area contributed by atoms with E-state index in [1.54, 1.807) is 6.20 Å². The van der Waals surface area contributed by atoms with Crippen molar-refractivity contribution < 1.29 is 4.42 Å². The van der Waals surface area contributed by atoms with Gasteiger partial charge in [0.1, 0.15) is 17.2 Å². The van der Waals surface area contributed by atoms with Crippen LogP contribution in [-0.2, 0) is 6.54 Å². The van der Waals surface area contributed by atoms with Crippen molar-refractivity contribution in [2.75, 3.05) is 5.32 Å². The van der Waals surface area contributed by atoms with E-state index in [0.717, 1.165) is 11.1 Å². The Labute approximate surface area is 116 Å². The maximum atomic E-state index is 5.85. The predicted molar refractivity (Wildman–Crippen MR) is 72.6 cm³/mol. The highest BCUT2D eigenvalue weighted by atomic mass is 79.9. The lowest BCUT2D eigenvalue weighted by Gasteiger charge is -2.05. The lowest BCUT2D eigenvalue weighted by molar-refractivity contribution is 0.495. The Kier molecular flexibility index (Phi) is 2.97. The van der Waals surface area contributed by atoms with Gasteiger partial charge in [-0.3, -0.25) is 0 Å². The number of nitrogens with zero attached hydrogens (tertiary/aromatic N) is 2. The molecule has 3 rings (SSSR count). The molecule has 0 aliphatic carbocycles. The van der Waals surface area contributed by atoms with Gasteiger partial charge in [-0.15, -0.1) is 0 Å². The van der Waals surface area contributed by atoms with Crippen LogP contribution in [0.1, 0.15) is 5.76 Å². The number of rotatable bonds is 3. The Bertz CT molecular complexity index is 693. The minimum atomic E-state index is 0.202. The molecule has 5 nitrogen and oxygen atoms in total. The van der Waals surface area contributed by atoms with E-state index < -0.39 is 0 Å². The molecular formula is C11H8BrClN4O. The molecule has 0 atom stereocenters. The molecule has 0 amide bonds. The van der Waals surface area contributed by atoms with Gasteiger partial charge in [0.2, 0.25) is 5.28 Å². The molecule has 0 aromatic carbocycles. The molecule has 0 saturated carbocycles. The predicted octanol–water partition coefficient (Wildman–Crippen LogP) is 3.58. The molecule has 0 radical (unpaired) electrons. The Balaban J connectivity index is 1.87. The van der Waals surface area contributed by atoms with Gasteiger partial charge in [0.05, 0.1) is 11.9 Å². The summed E-state index contributed by atoms with van der Waals surface area (Å²) in [5, 5.41) is 4.27. The van der Waals surface area contributed by atoms with E-state index >= 15 is 0 Å². The van der Waals surface area contributed by atoms with Crippen molar-refractivity contribution in [1.82, 2.24) is 15.0 Å². The van der Waals surface area contributed by atoms with E-state index in [4.69, 9.17) is 16.0 Å². The number of aromatic amines is 1. The molecule has 0 aliphatic heterocycles. The van der Waals surface area contributed by atoms with E-state index in [0.29, 0.717) is 22.7 Å². The van der Waals surface area contributed by atoms with Gasteiger partial charge in [-0.2, -0.15) is 4.98 Å². The molecule has 7 heteroatoms. The third-order valence-corrected chi connectivity index (χ3v) is 3.04. The molecule has 92 valence electrons. The molecule has 18 heavy (non-hydrogen) atoms. The number of fused-ring (bicyclic) bond motifs is 1. The van der Waals surface area contributed by atoms with Crippen LogP contribution in [0.3, 0.4) is 0 Å². The largest absolute Gasteiger partial charge is 0.452 e. The molecule has 2 N–H and O–H groups in total. The van der Waals surface area contributed by atoms with Crippen molar-refractivity contribution in [3.63, 3.8) is 0 Å². The fourth-order valence-electron chi connectivity index (χ4n) is 1.67. The first kappa shape index (κ1) is 11.6. The third-order valence-electron chi connectivity index (χ3n) is 2.45. The number of hydrogen-bond acceptors (Lipinski definition) is 4. The number of hydrogen-bond donors (Lipinski definition) is 2. The fourth-order valence-corrected chi connectivity index (χ4v) is 2.18. The van der Waals surface area contributed by atoms with Crippen LogP contribution in [-0.4, -0.2) is 15.0 Å². The first-order valence-corrected chi connectivity index (χ1v) is 6.38. The van der Waals surface area contributed by atoms with Crippen LogP contribution in [0.2, 0.25) is 5.28 Å². The first-order chi connectivity index (χ1) is 8.72. The first-order valence-electron chi connectivity index (χ1n) is 5.21. The van der Waals surface area contributed by atoms with E-state index in [9.17, 15) is 0 Å². The molecule has 0 fully saturated rings. The van der Waals surface area contributed by atoms with Crippen molar-refractivity contribution in [2.24, 2.45) is 0 Å². The van der Waals surface area contributed by atoms with E-state index in [1.165, 1.54) is 0 Å². The minimum absolute atomic E-state index is 0.202. The Morgan fingerprint density at radius 1 is 1.33 bits per heavy atom. The van der Waals surface area contributed by atoms with Crippen molar-refractivity contribution in [3.8, 4) is 0 Å². The monoisotopic (exact) mass is 326 g/mol. The summed E-state index contributed by atoms with van der Waals surface area (Å²) in [7, 11) is 0. The zero-order valence-corrected chi connectivity index (χ0v) is 11.4. The highest BCUT2D eigenvalue weighted by Crippen LogP contribution is 2.22. The smallest absolute Gasteiger partial charge is 0.226 e. The second kappa shape index (κ2) is 4.62. The molecule has 0 aliphatic rings. The average molecular weight is 328 g/mol. The van der Waals surface area contributed by atoms with Gasteiger partial charge in [-0.05, 0) is 45.7 Å². The van der Waals surface area contributed by atoms with E-state index in [-0.39, 0.29) is 5.28 Å². The second-order valence-corrected chi connectivity index (χ2v) is 4.76. The minimum Gasteiger partial charge on any atom is -0.452 e. The summed E-state index contributed by atoms with van der Waals surface area (Å²) in [6, 6.07) is 5.62. The molecule has 0 unspecified atom stereocenters. The molecule has 0 bridgehead atoms. The van der Waals surface area contributed by atoms with Crippen LogP contribution in [0.4, 0.5) is 5.82 Å². The Morgan fingerprint density at radius 3 is 3.00 bits per heavy atom. The molecular weight excluding hydrogens is 320 g/mol. The van der Waals surface area contributed by atoms with Crippen molar-refractivity contribution >= 4 is 44.4 Å². The lowest BCUT2D eigenvalue weighted by Crippen LogP contribution is -2.01. The summed E-state index contributed by atoms with van der Waals surface area (Å²) >= 11 is 9.11. The van der Waals surface area contributed by atoms with E-state index in [2.05, 4.69) is 36.2 Å². The zero-order chi connectivity index (χ0) is 12.5. The summed E-state index contributed by atoms with van der Waals surface area (Å²) < 4.78 is 6.10. The zero-order valence-electron chi connectivity index (χ0n) is 9.08. The Morgan fingerprint density at radius 2 is 2.22 bits per heavy atom. The SMILES string of the molecule is Clc1nc(NCc2ccc(Br)o2)c2cc[nH]c2n1. The molecule has 0 spiro atoms. The van der Waals surface area contributed by atoms with Gasteiger partial charge in [-0.1, -0.05) is 0 Å². The van der Waals surface area contributed by atoms with Gasteiger partial charge in [-0.25, -0.2) is 4.98 Å². The third kappa shape index (κ3) is 2.21. The summed E-state index contributed by atoms with van der Waals surface area (Å²) in [5.41, 5.74) is 0.707. The number of H-pyrrole nitrogens is 1. The highest BCUT2D eigenvalue weighted by Gasteiger charge is 2.08. The second-order valence-electron chi connectivity index (χ2n) is 3.64. The quantitative estimate of drug-likeness (QED) is 0.722. The van der Waals surface area contributed by atoms with Gasteiger partial charge in [0.15, 0.2) is 4.67 Å². The van der Waals surface area contributed by atoms with Gasteiger partial charge in [0, 0.05) is 6.20 Å². The van der Waals surface area contributed by atoms with Crippen LogP contribution >= 0.6 is 27.5 Å². The standard InChI is InChI=1S/C11H8BrClN4O/c12-8-2-1-6(18-8)5-15-10-7-3-4-14-9(7)16-11(13)17-10/h1-4H,5H2,(H2,14,15,16,17). The molecule has 3 aromatic rings. The van der Waals surface area contributed by atoms with E-state index in [1.807, 2.05) is 18.2 Å². The summed E-state index contributed by atoms with van der Waals surface area (Å²) in [6.07, 6.45) is 1.80. The summed E-state index contributed by atoms with van der Waals surface area (Å²) in [6.45, 7) is 0.527. The van der Waals surface area contributed by atoms with Crippen LogP contribution in [0, 0.1) is 0 Å². The van der Waals surface area contributed by atoms with Crippen LogP contribution in [0.5, 0.6) is 0 Å².